The molecular formula is C31H31F2N5O3S. The topological polar surface area (TPSA) is 107 Å². The summed E-state index contributed by atoms with van der Waals surface area (Å²) in [6.45, 7) is 6.96. The molecule has 42 heavy (non-hydrogen) atoms. The number of rotatable bonds is 8. The molecule has 0 radical (unpaired) electrons. The number of oxazole rings is 1. The van der Waals surface area contributed by atoms with E-state index in [2.05, 4.69) is 21.5 Å². The van der Waals surface area contributed by atoms with Crippen LogP contribution in [0.3, 0.4) is 0 Å². The highest BCUT2D eigenvalue weighted by atomic mass is 32.1. The van der Waals surface area contributed by atoms with Crippen molar-refractivity contribution in [3.63, 3.8) is 0 Å². The zero-order chi connectivity index (χ0) is 30.1. The van der Waals surface area contributed by atoms with Gasteiger partial charge < -0.3 is 19.8 Å². The number of amides is 1. The van der Waals surface area contributed by atoms with Crippen molar-refractivity contribution >= 4 is 28.9 Å². The summed E-state index contributed by atoms with van der Waals surface area (Å²) in [5.41, 5.74) is 8.40. The lowest BCUT2D eigenvalue weighted by molar-refractivity contribution is 0.0118. The van der Waals surface area contributed by atoms with Crippen LogP contribution in [-0.4, -0.2) is 51.7 Å². The monoisotopic (exact) mass is 591 g/mol. The van der Waals surface area contributed by atoms with Gasteiger partial charge >= 0.3 is 0 Å². The van der Waals surface area contributed by atoms with E-state index in [9.17, 15) is 13.6 Å². The molecule has 11 heteroatoms. The summed E-state index contributed by atoms with van der Waals surface area (Å²) in [5.74, 6) is -2.98. The summed E-state index contributed by atoms with van der Waals surface area (Å²) in [4.78, 5) is 27.9. The number of nitrogens with zero attached hydrogens (tertiary/aromatic N) is 4. The van der Waals surface area contributed by atoms with Gasteiger partial charge in [-0.05, 0) is 44.0 Å². The fourth-order valence-electron chi connectivity index (χ4n) is 5.03. The standard InChI is InChI=1S/C31H31F2N5O3S/c1-19-17-42-27(37-19)25-16-31(32,33)18-38(25)28(39)24-13-22(12-23(14-24)26-36-10-11-40-26)20(2)41-29(35-4)30(3,34)15-21-8-6-5-7-9-21/h5-14,17,25H,2,15-16,18,34H2,1,3-4H3/t25-,30?/m1/s1. The molecule has 0 aliphatic carbocycles. The summed E-state index contributed by atoms with van der Waals surface area (Å²) < 4.78 is 40.9. The number of nitrogens with two attached hydrogens (primary N) is 1. The van der Waals surface area contributed by atoms with E-state index in [4.69, 9.17) is 14.9 Å². The maximum Gasteiger partial charge on any atom is 0.267 e. The number of aliphatic imine (C=N–C) groups is 1. The Labute approximate surface area is 246 Å². The summed E-state index contributed by atoms with van der Waals surface area (Å²) in [7, 11) is 1.57. The van der Waals surface area contributed by atoms with Crippen molar-refractivity contribution in [1.82, 2.24) is 14.9 Å². The third-order valence-electron chi connectivity index (χ3n) is 6.96. The summed E-state index contributed by atoms with van der Waals surface area (Å²) in [6, 6.07) is 13.7. The Morgan fingerprint density at radius 2 is 2.02 bits per heavy atom. The fourth-order valence-corrected chi connectivity index (χ4v) is 5.94. The third kappa shape index (κ3) is 6.32. The van der Waals surface area contributed by atoms with Crippen LogP contribution in [0.4, 0.5) is 8.78 Å². The van der Waals surface area contributed by atoms with E-state index in [0.29, 0.717) is 28.2 Å². The lowest BCUT2D eigenvalue weighted by atomic mass is 9.93. The molecule has 3 heterocycles. The van der Waals surface area contributed by atoms with Gasteiger partial charge in [0.05, 0.1) is 24.3 Å². The highest BCUT2D eigenvalue weighted by Gasteiger charge is 2.49. The van der Waals surface area contributed by atoms with Gasteiger partial charge in [0.25, 0.3) is 11.8 Å². The lowest BCUT2D eigenvalue weighted by Crippen LogP contribution is -2.48. The van der Waals surface area contributed by atoms with Crippen LogP contribution in [0.1, 0.15) is 51.6 Å². The fraction of sp³-hybridized carbons (Fsp3) is 0.290. The van der Waals surface area contributed by atoms with Crippen LogP contribution in [0.25, 0.3) is 17.2 Å². The molecule has 0 bridgehead atoms. The predicted molar refractivity (Wildman–Crippen MR) is 158 cm³/mol. The smallest absolute Gasteiger partial charge is 0.267 e. The summed E-state index contributed by atoms with van der Waals surface area (Å²) >= 11 is 1.26. The number of carbonyl (C=O) groups is 1. The van der Waals surface area contributed by atoms with Gasteiger partial charge in [0, 0.05) is 41.2 Å². The first-order valence-electron chi connectivity index (χ1n) is 13.3. The number of hydrogen-bond acceptors (Lipinski definition) is 8. The van der Waals surface area contributed by atoms with Gasteiger partial charge in [-0.25, -0.2) is 18.7 Å². The van der Waals surface area contributed by atoms with Crippen LogP contribution in [0, 0.1) is 6.92 Å². The van der Waals surface area contributed by atoms with Crippen LogP contribution < -0.4 is 5.73 Å². The maximum atomic E-state index is 14.7. The molecule has 2 N–H and O–H groups in total. The molecule has 218 valence electrons. The van der Waals surface area contributed by atoms with Gasteiger partial charge in [-0.15, -0.1) is 11.3 Å². The first kappa shape index (κ1) is 29.3. The number of benzene rings is 2. The Morgan fingerprint density at radius 1 is 1.29 bits per heavy atom. The minimum Gasteiger partial charge on any atom is -0.445 e. The van der Waals surface area contributed by atoms with Gasteiger partial charge in [-0.3, -0.25) is 9.79 Å². The van der Waals surface area contributed by atoms with Gasteiger partial charge in [0.2, 0.25) is 11.8 Å². The number of alkyl halides is 2. The maximum absolute atomic E-state index is 14.7. The number of aryl methyl sites for hydroxylation is 1. The van der Waals surface area contributed by atoms with Crippen LogP contribution in [0.2, 0.25) is 0 Å². The quantitative estimate of drug-likeness (QED) is 0.146. The average molecular weight is 592 g/mol. The van der Waals surface area contributed by atoms with E-state index in [1.807, 2.05) is 37.3 Å². The predicted octanol–water partition coefficient (Wildman–Crippen LogP) is 6.30. The summed E-state index contributed by atoms with van der Waals surface area (Å²) in [5, 5.41) is 2.26. The number of hydrogen-bond donors (Lipinski definition) is 1. The Balaban J connectivity index is 1.47. The molecule has 5 rings (SSSR count). The van der Waals surface area contributed by atoms with Crippen molar-refractivity contribution in [2.75, 3.05) is 13.6 Å². The Morgan fingerprint density at radius 3 is 2.67 bits per heavy atom. The van der Waals surface area contributed by atoms with Gasteiger partial charge in [0.1, 0.15) is 17.0 Å². The van der Waals surface area contributed by atoms with E-state index in [1.54, 1.807) is 37.6 Å². The zero-order valence-corrected chi connectivity index (χ0v) is 24.3. The molecule has 2 atom stereocenters. The molecule has 1 amide bonds. The average Bonchev–Trinajstić information content (AvgIpc) is 3.71. The van der Waals surface area contributed by atoms with Gasteiger partial charge in [-0.2, -0.15) is 0 Å². The van der Waals surface area contributed by atoms with Crippen molar-refractivity contribution in [2.24, 2.45) is 10.7 Å². The molecule has 1 aliphatic rings. The van der Waals surface area contributed by atoms with E-state index in [-0.39, 0.29) is 23.1 Å². The largest absolute Gasteiger partial charge is 0.445 e. The molecule has 1 unspecified atom stereocenters. The van der Waals surface area contributed by atoms with Crippen molar-refractivity contribution in [1.29, 1.82) is 0 Å². The minimum atomic E-state index is -3.05. The molecule has 8 nitrogen and oxygen atoms in total. The number of carbonyl (C=O) groups excluding carboxylic acids is 1. The highest BCUT2D eigenvalue weighted by Crippen LogP contribution is 2.43. The van der Waals surface area contributed by atoms with Gasteiger partial charge in [0.15, 0.2) is 0 Å². The van der Waals surface area contributed by atoms with E-state index < -0.39 is 36.4 Å². The Hall–Kier alpha value is -4.22. The van der Waals surface area contributed by atoms with E-state index >= 15 is 0 Å². The molecule has 0 saturated carbocycles. The molecule has 2 aromatic carbocycles. The second-order valence-corrected chi connectivity index (χ2v) is 11.5. The second kappa shape index (κ2) is 11.6. The van der Waals surface area contributed by atoms with Crippen molar-refractivity contribution < 1.29 is 22.7 Å². The first-order valence-corrected chi connectivity index (χ1v) is 14.2. The SMILES string of the molecule is C=C(OC(=NC)C(C)(N)Cc1ccccc1)c1cc(C(=O)N2CC(F)(F)C[C@@H]2c2nc(C)cs2)cc(-c2ncco2)c1. The number of thiazole rings is 1. The number of ether oxygens (including phenoxy) is 1. The van der Waals surface area contributed by atoms with Crippen molar-refractivity contribution in [2.45, 2.75) is 44.2 Å². The number of halogens is 2. The molecular weight excluding hydrogens is 560 g/mol. The normalized spacial score (nSPS) is 18.1. The van der Waals surface area contributed by atoms with E-state index in [0.717, 1.165) is 5.56 Å². The second-order valence-electron chi connectivity index (χ2n) is 10.6. The van der Waals surface area contributed by atoms with E-state index in [1.165, 1.54) is 28.7 Å². The van der Waals surface area contributed by atoms with Crippen molar-refractivity contribution in [3.05, 3.63) is 100 Å². The molecule has 2 aromatic heterocycles. The zero-order valence-electron chi connectivity index (χ0n) is 23.5. The van der Waals surface area contributed by atoms with Crippen molar-refractivity contribution in [3.8, 4) is 11.5 Å². The molecule has 1 saturated heterocycles. The molecule has 1 fully saturated rings. The molecule has 0 spiro atoms. The molecule has 4 aromatic rings. The summed E-state index contributed by atoms with van der Waals surface area (Å²) in [6.07, 6.45) is 2.83. The molecule has 1 aliphatic heterocycles. The minimum absolute atomic E-state index is 0.149. The first-order chi connectivity index (χ1) is 20.0. The third-order valence-corrected chi connectivity index (χ3v) is 8.02. The lowest BCUT2D eigenvalue weighted by Gasteiger charge is -2.27. The highest BCUT2D eigenvalue weighted by molar-refractivity contribution is 7.09. The Bertz CT molecular complexity index is 1620. The number of likely N-dealkylation sites (tertiary alicyclic amines) is 1. The van der Waals surface area contributed by atoms with Crippen LogP contribution in [-0.2, 0) is 11.2 Å². The van der Waals surface area contributed by atoms with Crippen LogP contribution in [0.5, 0.6) is 0 Å². The van der Waals surface area contributed by atoms with Crippen LogP contribution >= 0.6 is 11.3 Å². The number of aromatic nitrogens is 2. The van der Waals surface area contributed by atoms with Crippen LogP contribution in [0.15, 0.2) is 82.4 Å². The van der Waals surface area contributed by atoms with Gasteiger partial charge in [-0.1, -0.05) is 36.9 Å². The Kier molecular flexibility index (Phi) is 8.07.